The van der Waals surface area contributed by atoms with Crippen LogP contribution in [-0.2, 0) is 24.1 Å². The van der Waals surface area contributed by atoms with Crippen molar-refractivity contribution in [2.45, 2.75) is 38.5 Å². The first-order valence-electron chi connectivity index (χ1n) is 7.93. The van der Waals surface area contributed by atoms with Crippen LogP contribution in [0.3, 0.4) is 0 Å². The highest BCUT2D eigenvalue weighted by Gasteiger charge is 2.24. The van der Waals surface area contributed by atoms with E-state index in [0.29, 0.717) is 17.0 Å². The minimum Gasteiger partial charge on any atom is -0.365 e. The van der Waals surface area contributed by atoms with Gasteiger partial charge < -0.3 is 11.1 Å². The van der Waals surface area contributed by atoms with Crippen LogP contribution in [0.5, 0.6) is 0 Å². The van der Waals surface area contributed by atoms with Crippen molar-refractivity contribution in [2.75, 3.05) is 5.32 Å². The molecule has 1 heterocycles. The molecule has 3 rings (SSSR count). The van der Waals surface area contributed by atoms with Gasteiger partial charge in [-0.15, -0.1) is 11.3 Å². The maximum atomic E-state index is 12.3. The molecule has 120 valence electrons. The Morgan fingerprint density at radius 2 is 1.83 bits per heavy atom. The number of anilines is 1. The van der Waals surface area contributed by atoms with Crippen molar-refractivity contribution >= 4 is 28.2 Å². The molecule has 23 heavy (non-hydrogen) atoms. The van der Waals surface area contributed by atoms with Crippen molar-refractivity contribution < 1.29 is 9.59 Å². The monoisotopic (exact) mass is 328 g/mol. The standard InChI is InChI=1S/C18H20N2O2S/c19-17(22)16-13-9-5-2-6-10-14(13)23-18(16)20-15(21)11-12-7-3-1-4-8-12/h1,3-4,7-8H,2,5-6,9-11H2,(H2,19,22)(H,20,21). The first-order valence-corrected chi connectivity index (χ1v) is 8.75. The fraction of sp³-hybridized carbons (Fsp3) is 0.333. The Bertz CT molecular complexity index is 722. The van der Waals surface area contributed by atoms with E-state index in [1.54, 1.807) is 0 Å². The number of primary amides is 1. The molecule has 0 aliphatic heterocycles. The molecule has 1 aliphatic carbocycles. The zero-order valence-corrected chi connectivity index (χ0v) is 13.7. The molecule has 0 saturated heterocycles. The summed E-state index contributed by atoms with van der Waals surface area (Å²) < 4.78 is 0. The zero-order chi connectivity index (χ0) is 16.2. The van der Waals surface area contributed by atoms with E-state index < -0.39 is 5.91 Å². The fourth-order valence-electron chi connectivity index (χ4n) is 3.04. The lowest BCUT2D eigenvalue weighted by Gasteiger charge is -2.06. The van der Waals surface area contributed by atoms with Gasteiger partial charge in [0.25, 0.3) is 5.91 Å². The molecule has 0 atom stereocenters. The molecule has 1 aliphatic rings. The molecule has 2 amide bonds. The third-order valence-electron chi connectivity index (χ3n) is 4.13. The molecule has 4 nitrogen and oxygen atoms in total. The molecule has 5 heteroatoms. The molecule has 0 unspecified atom stereocenters. The molecule has 0 bridgehead atoms. The van der Waals surface area contributed by atoms with Crippen molar-refractivity contribution in [3.63, 3.8) is 0 Å². The summed E-state index contributed by atoms with van der Waals surface area (Å²) in [5.74, 6) is -0.561. The predicted octanol–water partition coefficient (Wildman–Crippen LogP) is 3.30. The summed E-state index contributed by atoms with van der Waals surface area (Å²) in [6.45, 7) is 0. The Morgan fingerprint density at radius 3 is 2.57 bits per heavy atom. The first kappa shape index (κ1) is 15.7. The van der Waals surface area contributed by atoms with Crippen LogP contribution in [0.25, 0.3) is 0 Å². The highest BCUT2D eigenvalue weighted by molar-refractivity contribution is 7.17. The number of nitrogens with one attached hydrogen (secondary N) is 1. The van der Waals surface area contributed by atoms with E-state index in [0.717, 1.165) is 36.8 Å². The lowest BCUT2D eigenvalue weighted by atomic mass is 10.1. The van der Waals surface area contributed by atoms with Crippen LogP contribution in [-0.4, -0.2) is 11.8 Å². The molecule has 0 spiro atoms. The third kappa shape index (κ3) is 3.62. The number of rotatable bonds is 4. The van der Waals surface area contributed by atoms with Gasteiger partial charge in [0.1, 0.15) is 5.00 Å². The number of carbonyl (C=O) groups excluding carboxylic acids is 2. The van der Waals surface area contributed by atoms with Gasteiger partial charge in [-0.25, -0.2) is 0 Å². The average Bonchev–Trinajstić information content (AvgIpc) is 2.70. The van der Waals surface area contributed by atoms with Crippen molar-refractivity contribution in [3.05, 3.63) is 51.9 Å². The maximum Gasteiger partial charge on any atom is 0.251 e. The van der Waals surface area contributed by atoms with Crippen LogP contribution >= 0.6 is 11.3 Å². The number of thiophene rings is 1. The predicted molar refractivity (Wildman–Crippen MR) is 92.9 cm³/mol. The number of aryl methyl sites for hydroxylation is 1. The topological polar surface area (TPSA) is 72.2 Å². The van der Waals surface area contributed by atoms with Gasteiger partial charge in [-0.1, -0.05) is 36.8 Å². The number of carbonyl (C=O) groups is 2. The summed E-state index contributed by atoms with van der Waals surface area (Å²) in [4.78, 5) is 25.4. The Kier molecular flexibility index (Phi) is 4.76. The smallest absolute Gasteiger partial charge is 0.251 e. The van der Waals surface area contributed by atoms with E-state index in [1.807, 2.05) is 30.3 Å². The van der Waals surface area contributed by atoms with Gasteiger partial charge >= 0.3 is 0 Å². The summed E-state index contributed by atoms with van der Waals surface area (Å²) in [5.41, 5.74) is 8.10. The molecule has 0 fully saturated rings. The quantitative estimate of drug-likeness (QED) is 0.845. The summed E-state index contributed by atoms with van der Waals surface area (Å²) in [7, 11) is 0. The molecule has 2 aromatic rings. The highest BCUT2D eigenvalue weighted by Crippen LogP contribution is 2.37. The van der Waals surface area contributed by atoms with E-state index >= 15 is 0 Å². The zero-order valence-electron chi connectivity index (χ0n) is 12.9. The Morgan fingerprint density at radius 1 is 1.09 bits per heavy atom. The van der Waals surface area contributed by atoms with Crippen molar-refractivity contribution in [2.24, 2.45) is 5.73 Å². The largest absolute Gasteiger partial charge is 0.365 e. The normalized spacial score (nSPS) is 13.9. The Labute approximate surface area is 139 Å². The van der Waals surface area contributed by atoms with Crippen LogP contribution < -0.4 is 11.1 Å². The van der Waals surface area contributed by atoms with Crippen LogP contribution in [0.1, 0.15) is 45.6 Å². The number of hydrogen-bond acceptors (Lipinski definition) is 3. The van der Waals surface area contributed by atoms with E-state index in [4.69, 9.17) is 5.73 Å². The Hall–Kier alpha value is -2.14. The summed E-state index contributed by atoms with van der Waals surface area (Å²) >= 11 is 1.51. The third-order valence-corrected chi connectivity index (χ3v) is 5.34. The Balaban J connectivity index is 1.82. The minimum absolute atomic E-state index is 0.116. The molecule has 1 aromatic carbocycles. The number of hydrogen-bond donors (Lipinski definition) is 2. The molecule has 3 N–H and O–H groups in total. The van der Waals surface area contributed by atoms with Crippen LogP contribution in [0, 0.1) is 0 Å². The lowest BCUT2D eigenvalue weighted by Crippen LogP contribution is -2.19. The van der Waals surface area contributed by atoms with Crippen molar-refractivity contribution in [1.82, 2.24) is 0 Å². The molecular formula is C18H20N2O2S. The van der Waals surface area contributed by atoms with Gasteiger partial charge in [-0.3, -0.25) is 9.59 Å². The second-order valence-corrected chi connectivity index (χ2v) is 6.95. The SMILES string of the molecule is NC(=O)c1c(NC(=O)Cc2ccccc2)sc2c1CCCCC2. The fourth-order valence-corrected chi connectivity index (χ4v) is 4.35. The molecular weight excluding hydrogens is 308 g/mol. The minimum atomic E-state index is -0.445. The number of amides is 2. The second-order valence-electron chi connectivity index (χ2n) is 5.84. The van der Waals surface area contributed by atoms with Crippen LogP contribution in [0.2, 0.25) is 0 Å². The number of nitrogens with two attached hydrogens (primary N) is 1. The van der Waals surface area contributed by atoms with Crippen LogP contribution in [0.4, 0.5) is 5.00 Å². The van der Waals surface area contributed by atoms with E-state index in [2.05, 4.69) is 5.32 Å². The summed E-state index contributed by atoms with van der Waals surface area (Å²) in [6, 6.07) is 9.56. The number of fused-ring (bicyclic) bond motifs is 1. The molecule has 0 radical (unpaired) electrons. The van der Waals surface area contributed by atoms with Gasteiger partial charge in [0.15, 0.2) is 0 Å². The maximum absolute atomic E-state index is 12.3. The van der Waals surface area contributed by atoms with E-state index in [1.165, 1.54) is 22.6 Å². The first-order chi connectivity index (χ1) is 11.1. The second kappa shape index (κ2) is 6.96. The van der Waals surface area contributed by atoms with Crippen molar-refractivity contribution in [3.8, 4) is 0 Å². The molecule has 0 saturated carbocycles. The van der Waals surface area contributed by atoms with Gasteiger partial charge in [-0.2, -0.15) is 0 Å². The van der Waals surface area contributed by atoms with Crippen LogP contribution in [0.15, 0.2) is 30.3 Å². The van der Waals surface area contributed by atoms with E-state index in [-0.39, 0.29) is 5.91 Å². The molecule has 1 aromatic heterocycles. The summed E-state index contributed by atoms with van der Waals surface area (Å²) in [5, 5.41) is 3.51. The van der Waals surface area contributed by atoms with E-state index in [9.17, 15) is 9.59 Å². The highest BCUT2D eigenvalue weighted by atomic mass is 32.1. The summed E-state index contributed by atoms with van der Waals surface area (Å²) in [6.07, 6.45) is 5.51. The lowest BCUT2D eigenvalue weighted by molar-refractivity contribution is -0.115. The van der Waals surface area contributed by atoms with Gasteiger partial charge in [0, 0.05) is 4.88 Å². The van der Waals surface area contributed by atoms with Gasteiger partial charge in [0.2, 0.25) is 5.91 Å². The average molecular weight is 328 g/mol. The van der Waals surface area contributed by atoms with Gasteiger partial charge in [-0.05, 0) is 36.8 Å². The van der Waals surface area contributed by atoms with Crippen molar-refractivity contribution in [1.29, 1.82) is 0 Å². The number of benzene rings is 1. The van der Waals surface area contributed by atoms with Gasteiger partial charge in [0.05, 0.1) is 12.0 Å².